The Hall–Kier alpha value is -2.08. The first kappa shape index (κ1) is 24.0. The molecule has 0 spiro atoms. The molecule has 1 atom stereocenters. The number of amides is 1. The predicted molar refractivity (Wildman–Crippen MR) is 111 cm³/mol. The zero-order valence-electron chi connectivity index (χ0n) is 18.4. The molecule has 1 rings (SSSR count). The zero-order valence-corrected chi connectivity index (χ0v) is 18.4. The number of rotatable bonds is 9. The van der Waals surface area contributed by atoms with E-state index in [0.29, 0.717) is 13.1 Å². The number of hydrogen-bond acceptors (Lipinski definition) is 5. The van der Waals surface area contributed by atoms with Gasteiger partial charge in [0, 0.05) is 20.1 Å². The highest BCUT2D eigenvalue weighted by molar-refractivity contribution is 5.76. The van der Waals surface area contributed by atoms with Crippen LogP contribution < -0.4 is 0 Å². The molecule has 6 nitrogen and oxygen atoms in total. The number of carbonyl (C=O) groups excluding carboxylic acids is 2. The van der Waals surface area contributed by atoms with Crippen LogP contribution in [-0.4, -0.2) is 60.7 Å². The number of benzene rings is 1. The third-order valence-electron chi connectivity index (χ3n) is 4.28. The highest BCUT2D eigenvalue weighted by atomic mass is 16.6. The lowest BCUT2D eigenvalue weighted by atomic mass is 10.0. The van der Waals surface area contributed by atoms with Crippen LogP contribution in [-0.2, 0) is 20.9 Å². The van der Waals surface area contributed by atoms with E-state index in [-0.39, 0.29) is 30.6 Å². The highest BCUT2D eigenvalue weighted by Crippen LogP contribution is 2.14. The van der Waals surface area contributed by atoms with Gasteiger partial charge in [0.25, 0.3) is 0 Å². The Labute approximate surface area is 169 Å². The Morgan fingerprint density at radius 2 is 1.64 bits per heavy atom. The molecule has 0 aliphatic rings. The lowest BCUT2D eigenvalue weighted by molar-refractivity contribution is -0.152. The first-order chi connectivity index (χ1) is 13.0. The summed E-state index contributed by atoms with van der Waals surface area (Å²) in [5.41, 5.74) is 0.466. The van der Waals surface area contributed by atoms with Crippen LogP contribution in [0.4, 0.5) is 4.79 Å². The topological polar surface area (TPSA) is 59.1 Å². The lowest BCUT2D eigenvalue weighted by Gasteiger charge is -2.30. The average Bonchev–Trinajstić information content (AvgIpc) is 2.59. The number of ether oxygens (including phenoxy) is 2. The molecule has 0 saturated heterocycles. The minimum atomic E-state index is -0.507. The molecule has 6 heteroatoms. The van der Waals surface area contributed by atoms with Gasteiger partial charge in [-0.2, -0.15) is 0 Å². The minimum Gasteiger partial charge on any atom is -0.460 e. The third-order valence-corrected chi connectivity index (χ3v) is 4.28. The maximum Gasteiger partial charge on any atom is 0.410 e. The van der Waals surface area contributed by atoms with Gasteiger partial charge in [-0.1, -0.05) is 44.2 Å². The molecule has 0 unspecified atom stereocenters. The summed E-state index contributed by atoms with van der Waals surface area (Å²) in [4.78, 5) is 28.2. The minimum absolute atomic E-state index is 0.122. The van der Waals surface area contributed by atoms with E-state index in [4.69, 9.17) is 9.47 Å². The fourth-order valence-corrected chi connectivity index (χ4v) is 2.90. The van der Waals surface area contributed by atoms with Crippen LogP contribution in [0.25, 0.3) is 0 Å². The van der Waals surface area contributed by atoms with Crippen LogP contribution in [0.1, 0.15) is 46.6 Å². The van der Waals surface area contributed by atoms with Crippen LogP contribution in [0, 0.1) is 5.92 Å². The second-order valence-electron chi connectivity index (χ2n) is 8.52. The summed E-state index contributed by atoms with van der Waals surface area (Å²) in [6, 6.07) is 9.34. The molecule has 0 saturated carbocycles. The summed E-state index contributed by atoms with van der Waals surface area (Å²) < 4.78 is 10.9. The van der Waals surface area contributed by atoms with Crippen LogP contribution >= 0.6 is 0 Å². The number of likely N-dealkylation sites (N-methyl/N-ethyl adjacent to an activating group) is 1. The zero-order chi connectivity index (χ0) is 21.3. The number of esters is 1. The van der Waals surface area contributed by atoms with Crippen molar-refractivity contribution in [3.63, 3.8) is 0 Å². The fraction of sp³-hybridized carbons (Fsp3) is 0.636. The van der Waals surface area contributed by atoms with Gasteiger partial charge < -0.3 is 14.4 Å². The van der Waals surface area contributed by atoms with Crippen LogP contribution in [0.2, 0.25) is 0 Å². The van der Waals surface area contributed by atoms with Crippen molar-refractivity contribution in [3.05, 3.63) is 35.9 Å². The van der Waals surface area contributed by atoms with Crippen LogP contribution in [0.5, 0.6) is 0 Å². The molecule has 158 valence electrons. The quantitative estimate of drug-likeness (QED) is 0.596. The van der Waals surface area contributed by atoms with Gasteiger partial charge in [-0.05, 0) is 45.7 Å². The van der Waals surface area contributed by atoms with Crippen LogP contribution in [0.15, 0.2) is 30.3 Å². The number of nitrogens with zero attached hydrogens (tertiary/aromatic N) is 2. The molecule has 0 bridgehead atoms. The molecular formula is C22H36N2O4. The second-order valence-corrected chi connectivity index (χ2v) is 8.52. The monoisotopic (exact) mass is 392 g/mol. The molecular weight excluding hydrogens is 356 g/mol. The summed E-state index contributed by atoms with van der Waals surface area (Å²) in [7, 11) is 3.64. The van der Waals surface area contributed by atoms with Crippen molar-refractivity contribution in [3.8, 4) is 0 Å². The molecule has 0 heterocycles. The summed E-state index contributed by atoms with van der Waals surface area (Å²) in [6.07, 6.45) is 0.402. The summed E-state index contributed by atoms with van der Waals surface area (Å²) in [5.74, 6) is -0.0984. The molecule has 0 aliphatic heterocycles. The predicted octanol–water partition coefficient (Wildman–Crippen LogP) is 3.94. The van der Waals surface area contributed by atoms with Crippen molar-refractivity contribution < 1.29 is 19.1 Å². The molecule has 0 radical (unpaired) electrons. The van der Waals surface area contributed by atoms with Gasteiger partial charge >= 0.3 is 12.1 Å². The Morgan fingerprint density at radius 1 is 1.04 bits per heavy atom. The molecule has 0 fully saturated rings. The molecule has 1 aromatic rings. The maximum atomic E-state index is 12.6. The van der Waals surface area contributed by atoms with Crippen LogP contribution in [0.3, 0.4) is 0 Å². The first-order valence-electron chi connectivity index (χ1n) is 9.86. The maximum absolute atomic E-state index is 12.6. The second kappa shape index (κ2) is 11.1. The normalized spacial score (nSPS) is 12.8. The standard InChI is InChI=1S/C22H36N2O4/c1-17(2)19(20(25)27-16-18-12-9-8-10-13-18)23(6)14-11-15-24(7)21(26)28-22(3,4)5/h8-10,12-13,17,19H,11,14-16H2,1-7H3/t19-/m0/s1. The lowest BCUT2D eigenvalue weighted by Crippen LogP contribution is -2.44. The van der Waals surface area contributed by atoms with Gasteiger partial charge in [0.2, 0.25) is 0 Å². The molecule has 1 aromatic carbocycles. The summed E-state index contributed by atoms with van der Waals surface area (Å²) >= 11 is 0. The Bertz CT molecular complexity index is 611. The molecule has 28 heavy (non-hydrogen) atoms. The summed E-state index contributed by atoms with van der Waals surface area (Å²) in [6.45, 7) is 11.1. The van der Waals surface area contributed by atoms with E-state index in [9.17, 15) is 9.59 Å². The van der Waals surface area contributed by atoms with Crippen molar-refractivity contribution in [2.45, 2.75) is 59.3 Å². The van der Waals surface area contributed by atoms with E-state index in [1.807, 2.05) is 76.9 Å². The smallest absolute Gasteiger partial charge is 0.410 e. The highest BCUT2D eigenvalue weighted by Gasteiger charge is 2.28. The Balaban J connectivity index is 2.50. The van der Waals surface area contributed by atoms with Gasteiger partial charge in [-0.15, -0.1) is 0 Å². The van der Waals surface area contributed by atoms with E-state index >= 15 is 0 Å². The van der Waals surface area contributed by atoms with E-state index in [0.717, 1.165) is 12.0 Å². The fourth-order valence-electron chi connectivity index (χ4n) is 2.90. The van der Waals surface area contributed by atoms with Gasteiger partial charge in [0.1, 0.15) is 18.2 Å². The van der Waals surface area contributed by atoms with E-state index in [1.165, 1.54) is 0 Å². The average molecular weight is 393 g/mol. The molecule has 0 aliphatic carbocycles. The van der Waals surface area contributed by atoms with Gasteiger partial charge in [-0.3, -0.25) is 9.69 Å². The van der Waals surface area contributed by atoms with Crippen molar-refractivity contribution in [2.24, 2.45) is 5.92 Å². The van der Waals surface area contributed by atoms with Gasteiger partial charge in [0.15, 0.2) is 0 Å². The van der Waals surface area contributed by atoms with Crippen molar-refractivity contribution in [1.82, 2.24) is 9.80 Å². The van der Waals surface area contributed by atoms with E-state index in [1.54, 1.807) is 11.9 Å². The van der Waals surface area contributed by atoms with Gasteiger partial charge in [-0.25, -0.2) is 4.79 Å². The molecule has 1 amide bonds. The number of carbonyl (C=O) groups is 2. The van der Waals surface area contributed by atoms with Crippen molar-refractivity contribution in [2.75, 3.05) is 27.2 Å². The van der Waals surface area contributed by atoms with Crippen molar-refractivity contribution in [1.29, 1.82) is 0 Å². The number of hydrogen-bond donors (Lipinski definition) is 0. The van der Waals surface area contributed by atoms with Crippen molar-refractivity contribution >= 4 is 12.1 Å². The van der Waals surface area contributed by atoms with E-state index < -0.39 is 5.60 Å². The SMILES string of the molecule is CC(C)[C@@H](C(=O)OCc1ccccc1)N(C)CCCN(C)C(=O)OC(C)(C)C. The Kier molecular flexibility index (Phi) is 9.46. The third kappa shape index (κ3) is 8.74. The van der Waals surface area contributed by atoms with E-state index in [2.05, 4.69) is 0 Å². The van der Waals surface area contributed by atoms with Gasteiger partial charge in [0.05, 0.1) is 0 Å². The molecule has 0 N–H and O–H groups in total. The first-order valence-corrected chi connectivity index (χ1v) is 9.86. The summed E-state index contributed by atoms with van der Waals surface area (Å²) in [5, 5.41) is 0. The Morgan fingerprint density at radius 3 is 2.18 bits per heavy atom. The molecule has 0 aromatic heterocycles. The largest absolute Gasteiger partial charge is 0.460 e.